The number of rotatable bonds is 3. The average Bonchev–Trinajstić information content (AvgIpc) is 2.48. The Morgan fingerprint density at radius 3 is 2.55 bits per heavy atom. The van der Waals surface area contributed by atoms with Crippen molar-refractivity contribution in [3.8, 4) is 0 Å². The molecular weight excluding hydrogens is 260 g/mol. The Labute approximate surface area is 117 Å². The molecule has 0 saturated carbocycles. The fourth-order valence-electron chi connectivity index (χ4n) is 2.02. The third-order valence-electron chi connectivity index (χ3n) is 3.25. The topological polar surface area (TPSA) is 85.8 Å². The monoisotopic (exact) mass is 278 g/mol. The Hall–Kier alpha value is -2.31. The van der Waals surface area contributed by atoms with Gasteiger partial charge in [-0.1, -0.05) is 6.07 Å². The maximum absolute atomic E-state index is 11.9. The van der Waals surface area contributed by atoms with Gasteiger partial charge in [0.1, 0.15) is 11.9 Å². The van der Waals surface area contributed by atoms with E-state index in [1.807, 2.05) is 18.2 Å². The summed E-state index contributed by atoms with van der Waals surface area (Å²) in [6.45, 7) is 3.92. The van der Waals surface area contributed by atoms with Gasteiger partial charge in [-0.15, -0.1) is 0 Å². The average molecular weight is 278 g/mol. The van der Waals surface area contributed by atoms with Gasteiger partial charge < -0.3 is 20.2 Å². The second-order valence-corrected chi connectivity index (χ2v) is 4.67. The molecule has 2 heterocycles. The quantitative estimate of drug-likeness (QED) is 0.835. The van der Waals surface area contributed by atoms with Crippen molar-refractivity contribution >= 4 is 17.8 Å². The van der Waals surface area contributed by atoms with Crippen LogP contribution in [0.2, 0.25) is 0 Å². The summed E-state index contributed by atoms with van der Waals surface area (Å²) in [6.07, 6.45) is 1.74. The second-order valence-electron chi connectivity index (χ2n) is 4.67. The van der Waals surface area contributed by atoms with Crippen molar-refractivity contribution in [1.29, 1.82) is 0 Å². The first-order chi connectivity index (χ1) is 9.58. The van der Waals surface area contributed by atoms with Crippen LogP contribution in [0.4, 0.5) is 10.6 Å². The van der Waals surface area contributed by atoms with E-state index in [9.17, 15) is 9.59 Å². The third kappa shape index (κ3) is 3.37. The molecule has 1 aliphatic rings. The summed E-state index contributed by atoms with van der Waals surface area (Å²) in [7, 11) is 0. The molecule has 20 heavy (non-hydrogen) atoms. The maximum Gasteiger partial charge on any atom is 0.325 e. The number of piperazine rings is 1. The van der Waals surface area contributed by atoms with Gasteiger partial charge in [0.2, 0.25) is 0 Å². The molecule has 1 aromatic heterocycles. The minimum Gasteiger partial charge on any atom is -0.480 e. The largest absolute Gasteiger partial charge is 0.480 e. The van der Waals surface area contributed by atoms with Crippen LogP contribution in [0.5, 0.6) is 0 Å². The molecule has 1 aliphatic heterocycles. The number of nitrogens with zero attached hydrogens (tertiary/aromatic N) is 3. The van der Waals surface area contributed by atoms with Crippen LogP contribution < -0.4 is 10.2 Å². The van der Waals surface area contributed by atoms with Gasteiger partial charge in [0.05, 0.1) is 0 Å². The normalized spacial score (nSPS) is 16.6. The van der Waals surface area contributed by atoms with E-state index in [4.69, 9.17) is 5.11 Å². The third-order valence-corrected chi connectivity index (χ3v) is 3.25. The molecule has 0 radical (unpaired) electrons. The summed E-state index contributed by atoms with van der Waals surface area (Å²) < 4.78 is 0. The number of carbonyl (C=O) groups is 2. The number of carbonyl (C=O) groups excluding carboxylic acids is 1. The van der Waals surface area contributed by atoms with E-state index in [0.29, 0.717) is 26.2 Å². The summed E-state index contributed by atoms with van der Waals surface area (Å²) in [4.78, 5) is 30.6. The van der Waals surface area contributed by atoms with E-state index < -0.39 is 12.0 Å². The predicted molar refractivity (Wildman–Crippen MR) is 73.7 cm³/mol. The summed E-state index contributed by atoms with van der Waals surface area (Å²) in [5, 5.41) is 11.2. The number of amides is 2. The van der Waals surface area contributed by atoms with Crippen LogP contribution in [0.15, 0.2) is 24.4 Å². The zero-order chi connectivity index (χ0) is 14.5. The molecular formula is C13H18N4O3. The number of carboxylic acids is 1. The Morgan fingerprint density at radius 1 is 1.30 bits per heavy atom. The van der Waals surface area contributed by atoms with Crippen molar-refractivity contribution in [3.63, 3.8) is 0 Å². The number of pyridine rings is 1. The van der Waals surface area contributed by atoms with E-state index in [-0.39, 0.29) is 6.03 Å². The van der Waals surface area contributed by atoms with Crippen LogP contribution in [-0.2, 0) is 4.79 Å². The lowest BCUT2D eigenvalue weighted by atomic mass is 10.3. The van der Waals surface area contributed by atoms with Crippen molar-refractivity contribution in [2.24, 2.45) is 0 Å². The highest BCUT2D eigenvalue weighted by atomic mass is 16.4. The molecule has 7 heteroatoms. The number of urea groups is 1. The highest BCUT2D eigenvalue weighted by Crippen LogP contribution is 2.12. The predicted octanol–water partition coefficient (Wildman–Crippen LogP) is 0.386. The number of aliphatic carboxylic acids is 1. The first kappa shape index (κ1) is 14.1. The molecule has 1 aromatic rings. The van der Waals surface area contributed by atoms with E-state index in [2.05, 4.69) is 15.2 Å². The molecule has 2 amide bonds. The highest BCUT2D eigenvalue weighted by molar-refractivity contribution is 5.82. The number of hydrogen-bond donors (Lipinski definition) is 2. The van der Waals surface area contributed by atoms with Crippen molar-refractivity contribution in [2.75, 3.05) is 31.1 Å². The van der Waals surface area contributed by atoms with Crippen LogP contribution in [-0.4, -0.2) is 59.2 Å². The van der Waals surface area contributed by atoms with Crippen LogP contribution in [0.25, 0.3) is 0 Å². The van der Waals surface area contributed by atoms with Crippen LogP contribution in [0.1, 0.15) is 6.92 Å². The Balaban J connectivity index is 1.85. The van der Waals surface area contributed by atoms with E-state index in [0.717, 1.165) is 5.82 Å². The second kappa shape index (κ2) is 6.23. The molecule has 0 bridgehead atoms. The number of carboxylic acid groups (broad SMARTS) is 1. The summed E-state index contributed by atoms with van der Waals surface area (Å²) in [6, 6.07) is 4.51. The number of hydrogen-bond acceptors (Lipinski definition) is 4. The van der Waals surface area contributed by atoms with Gasteiger partial charge in [-0.05, 0) is 19.1 Å². The minimum absolute atomic E-state index is 0.333. The fourth-order valence-corrected chi connectivity index (χ4v) is 2.02. The first-order valence-electron chi connectivity index (χ1n) is 6.52. The van der Waals surface area contributed by atoms with E-state index >= 15 is 0 Å². The minimum atomic E-state index is -1.04. The van der Waals surface area contributed by atoms with Crippen molar-refractivity contribution < 1.29 is 14.7 Å². The maximum atomic E-state index is 11.9. The van der Waals surface area contributed by atoms with Gasteiger partial charge in [-0.3, -0.25) is 4.79 Å². The van der Waals surface area contributed by atoms with Crippen molar-refractivity contribution in [1.82, 2.24) is 15.2 Å². The Morgan fingerprint density at radius 2 is 2.00 bits per heavy atom. The SMILES string of the molecule is C[C@@H](NC(=O)N1CCN(c2ccccn2)CC1)C(=O)O. The lowest BCUT2D eigenvalue weighted by molar-refractivity contribution is -0.138. The molecule has 1 fully saturated rings. The fraction of sp³-hybridized carbons (Fsp3) is 0.462. The summed E-state index contributed by atoms with van der Waals surface area (Å²) >= 11 is 0. The molecule has 0 aliphatic carbocycles. The molecule has 2 rings (SSSR count). The standard InChI is InChI=1S/C13H18N4O3/c1-10(12(18)19)15-13(20)17-8-6-16(7-9-17)11-4-2-3-5-14-11/h2-5,10H,6-9H2,1H3,(H,15,20)(H,18,19)/t10-/m1/s1. The molecule has 0 unspecified atom stereocenters. The zero-order valence-electron chi connectivity index (χ0n) is 11.3. The molecule has 0 spiro atoms. The summed E-state index contributed by atoms with van der Waals surface area (Å²) in [5.41, 5.74) is 0. The van der Waals surface area contributed by atoms with Gasteiger partial charge in [0.15, 0.2) is 0 Å². The smallest absolute Gasteiger partial charge is 0.325 e. The Kier molecular flexibility index (Phi) is 4.39. The molecule has 108 valence electrons. The number of nitrogens with one attached hydrogen (secondary N) is 1. The van der Waals surface area contributed by atoms with Crippen LogP contribution in [0, 0.1) is 0 Å². The van der Waals surface area contributed by atoms with Gasteiger partial charge in [0.25, 0.3) is 0 Å². The Bertz CT molecular complexity index is 472. The van der Waals surface area contributed by atoms with E-state index in [1.165, 1.54) is 6.92 Å². The molecule has 2 N–H and O–H groups in total. The van der Waals surface area contributed by atoms with Gasteiger partial charge in [-0.2, -0.15) is 0 Å². The molecule has 1 saturated heterocycles. The highest BCUT2D eigenvalue weighted by Gasteiger charge is 2.24. The van der Waals surface area contributed by atoms with Crippen LogP contribution in [0.3, 0.4) is 0 Å². The number of anilines is 1. The molecule has 1 atom stereocenters. The van der Waals surface area contributed by atoms with Gasteiger partial charge in [-0.25, -0.2) is 9.78 Å². The summed E-state index contributed by atoms with van der Waals surface area (Å²) in [5.74, 6) is -0.142. The lowest BCUT2D eigenvalue weighted by Gasteiger charge is -2.35. The van der Waals surface area contributed by atoms with Gasteiger partial charge >= 0.3 is 12.0 Å². The van der Waals surface area contributed by atoms with E-state index in [1.54, 1.807) is 11.1 Å². The molecule has 0 aromatic carbocycles. The van der Waals surface area contributed by atoms with Gasteiger partial charge in [0, 0.05) is 32.4 Å². The van der Waals surface area contributed by atoms with Crippen molar-refractivity contribution in [3.05, 3.63) is 24.4 Å². The lowest BCUT2D eigenvalue weighted by Crippen LogP contribution is -2.54. The molecule has 7 nitrogen and oxygen atoms in total. The zero-order valence-corrected chi connectivity index (χ0v) is 11.3. The first-order valence-corrected chi connectivity index (χ1v) is 6.52. The number of aromatic nitrogens is 1. The van der Waals surface area contributed by atoms with Crippen LogP contribution >= 0.6 is 0 Å². The van der Waals surface area contributed by atoms with Crippen molar-refractivity contribution in [2.45, 2.75) is 13.0 Å².